The number of thioether (sulfide) groups is 1. The quantitative estimate of drug-likeness (QED) is 0.697. The van der Waals surface area contributed by atoms with Crippen LogP contribution in [0.4, 0.5) is 0 Å². The molecule has 2 unspecified atom stereocenters. The second kappa shape index (κ2) is 8.31. The van der Waals surface area contributed by atoms with Gasteiger partial charge in [0.05, 0.1) is 6.61 Å². The third-order valence-electron chi connectivity index (χ3n) is 5.01. The summed E-state index contributed by atoms with van der Waals surface area (Å²) in [6.45, 7) is 6.63. The molecule has 26 heavy (non-hydrogen) atoms. The Morgan fingerprint density at radius 2 is 2.00 bits per heavy atom. The SMILES string of the molecule is CC1Sc2ncccc2OC1c1ccc(OCCCN2CCCC2)cc1. The number of likely N-dealkylation sites (tertiary alicyclic amines) is 1. The van der Waals surface area contributed by atoms with Crippen LogP contribution < -0.4 is 9.47 Å². The summed E-state index contributed by atoms with van der Waals surface area (Å²) in [5.41, 5.74) is 1.18. The zero-order valence-electron chi connectivity index (χ0n) is 15.3. The lowest BCUT2D eigenvalue weighted by molar-refractivity contribution is 0.193. The van der Waals surface area contributed by atoms with Gasteiger partial charge in [0, 0.05) is 18.0 Å². The Hall–Kier alpha value is -1.72. The summed E-state index contributed by atoms with van der Waals surface area (Å²) in [6.07, 6.45) is 5.65. The number of rotatable bonds is 6. The van der Waals surface area contributed by atoms with Crippen LogP contribution in [0.3, 0.4) is 0 Å². The van der Waals surface area contributed by atoms with Gasteiger partial charge in [-0.25, -0.2) is 4.98 Å². The summed E-state index contributed by atoms with van der Waals surface area (Å²) in [4.78, 5) is 6.92. The number of fused-ring (bicyclic) bond motifs is 1. The van der Waals surface area contributed by atoms with E-state index in [1.165, 1.54) is 31.5 Å². The fourth-order valence-electron chi connectivity index (χ4n) is 3.60. The zero-order valence-corrected chi connectivity index (χ0v) is 16.1. The van der Waals surface area contributed by atoms with Crippen LogP contribution in [0.15, 0.2) is 47.6 Å². The van der Waals surface area contributed by atoms with Crippen LogP contribution in [-0.4, -0.2) is 41.4 Å². The molecule has 0 spiro atoms. The molecule has 1 aromatic carbocycles. The smallest absolute Gasteiger partial charge is 0.152 e. The maximum Gasteiger partial charge on any atom is 0.152 e. The van der Waals surface area contributed by atoms with Crippen LogP contribution in [0.1, 0.15) is 37.9 Å². The van der Waals surface area contributed by atoms with E-state index in [9.17, 15) is 0 Å². The Morgan fingerprint density at radius 1 is 1.19 bits per heavy atom. The van der Waals surface area contributed by atoms with Crippen molar-refractivity contribution in [3.8, 4) is 11.5 Å². The minimum atomic E-state index is 0.0425. The van der Waals surface area contributed by atoms with Crippen LogP contribution in [0, 0.1) is 0 Å². The van der Waals surface area contributed by atoms with Crippen LogP contribution in [-0.2, 0) is 0 Å². The van der Waals surface area contributed by atoms with Crippen LogP contribution in [0.2, 0.25) is 0 Å². The molecule has 1 saturated heterocycles. The number of hydrogen-bond acceptors (Lipinski definition) is 5. The predicted molar refractivity (Wildman–Crippen MR) is 105 cm³/mol. The van der Waals surface area contributed by atoms with Crippen molar-refractivity contribution in [2.24, 2.45) is 0 Å². The summed E-state index contributed by atoms with van der Waals surface area (Å²) in [5.74, 6) is 1.82. The molecule has 0 saturated carbocycles. The van der Waals surface area contributed by atoms with Crippen molar-refractivity contribution in [1.29, 1.82) is 0 Å². The van der Waals surface area contributed by atoms with Gasteiger partial charge in [-0.3, -0.25) is 0 Å². The van der Waals surface area contributed by atoms with E-state index in [2.05, 4.69) is 41.1 Å². The van der Waals surface area contributed by atoms with E-state index in [1.54, 1.807) is 11.8 Å². The van der Waals surface area contributed by atoms with Gasteiger partial charge in [0.2, 0.25) is 0 Å². The second-order valence-electron chi connectivity index (χ2n) is 6.99. The highest BCUT2D eigenvalue weighted by Gasteiger charge is 2.29. The number of aromatic nitrogens is 1. The fourth-order valence-corrected chi connectivity index (χ4v) is 4.64. The monoisotopic (exact) mass is 370 g/mol. The van der Waals surface area contributed by atoms with E-state index in [-0.39, 0.29) is 6.10 Å². The van der Waals surface area contributed by atoms with Crippen molar-refractivity contribution in [1.82, 2.24) is 9.88 Å². The van der Waals surface area contributed by atoms with Gasteiger partial charge in [-0.15, -0.1) is 0 Å². The number of nitrogens with zero attached hydrogens (tertiary/aromatic N) is 2. The van der Waals surface area contributed by atoms with E-state index < -0.39 is 0 Å². The Morgan fingerprint density at radius 3 is 2.81 bits per heavy atom. The van der Waals surface area contributed by atoms with E-state index in [0.29, 0.717) is 5.25 Å². The molecule has 0 amide bonds. The molecular formula is C21H26N2O2S. The highest BCUT2D eigenvalue weighted by Crippen LogP contribution is 2.43. The Balaban J connectivity index is 1.31. The third kappa shape index (κ3) is 4.15. The van der Waals surface area contributed by atoms with Crippen molar-refractivity contribution in [2.75, 3.05) is 26.2 Å². The molecule has 4 nitrogen and oxygen atoms in total. The standard InChI is InChI=1S/C21H26N2O2S/c1-16-20(25-19-6-4-11-22-21(19)26-16)17-7-9-18(10-8-17)24-15-5-14-23-12-2-3-13-23/h4,6-11,16,20H,2-3,5,12-15H2,1H3. The molecule has 3 heterocycles. The summed E-state index contributed by atoms with van der Waals surface area (Å²) in [6, 6.07) is 12.3. The summed E-state index contributed by atoms with van der Waals surface area (Å²) in [7, 11) is 0. The first-order valence-electron chi connectivity index (χ1n) is 9.53. The summed E-state index contributed by atoms with van der Waals surface area (Å²) >= 11 is 1.78. The van der Waals surface area contributed by atoms with Gasteiger partial charge in [-0.2, -0.15) is 0 Å². The lowest BCUT2D eigenvalue weighted by atomic mass is 10.1. The molecule has 0 N–H and O–H groups in total. The fraction of sp³-hybridized carbons (Fsp3) is 0.476. The topological polar surface area (TPSA) is 34.6 Å². The molecule has 2 aliphatic heterocycles. The minimum Gasteiger partial charge on any atom is -0.494 e. The van der Waals surface area contributed by atoms with Gasteiger partial charge in [-0.1, -0.05) is 23.9 Å². The Labute approximate surface area is 159 Å². The predicted octanol–water partition coefficient (Wildman–Crippen LogP) is 4.56. The van der Waals surface area contributed by atoms with Gasteiger partial charge < -0.3 is 14.4 Å². The average Bonchev–Trinajstić information content (AvgIpc) is 3.19. The minimum absolute atomic E-state index is 0.0425. The first kappa shape index (κ1) is 17.7. The van der Waals surface area contributed by atoms with Crippen molar-refractivity contribution >= 4 is 11.8 Å². The number of benzene rings is 1. The molecule has 2 aliphatic rings. The highest BCUT2D eigenvalue weighted by molar-refractivity contribution is 8.00. The molecule has 4 rings (SSSR count). The first-order valence-corrected chi connectivity index (χ1v) is 10.4. The Kier molecular flexibility index (Phi) is 5.65. The van der Waals surface area contributed by atoms with Crippen molar-refractivity contribution in [2.45, 2.75) is 42.6 Å². The number of ether oxygens (including phenoxy) is 2. The van der Waals surface area contributed by atoms with E-state index >= 15 is 0 Å². The lowest BCUT2D eigenvalue weighted by Crippen LogP contribution is -2.23. The molecule has 1 aromatic heterocycles. The van der Waals surface area contributed by atoms with Gasteiger partial charge in [-0.05, 0) is 69.1 Å². The van der Waals surface area contributed by atoms with Gasteiger partial charge >= 0.3 is 0 Å². The molecule has 138 valence electrons. The van der Waals surface area contributed by atoms with Crippen molar-refractivity contribution in [3.63, 3.8) is 0 Å². The molecule has 2 aromatic rings. The van der Waals surface area contributed by atoms with Crippen LogP contribution in [0.5, 0.6) is 11.5 Å². The zero-order chi connectivity index (χ0) is 17.8. The molecule has 0 radical (unpaired) electrons. The summed E-state index contributed by atoms with van der Waals surface area (Å²) < 4.78 is 12.1. The van der Waals surface area contributed by atoms with Gasteiger partial charge in [0.15, 0.2) is 5.75 Å². The van der Waals surface area contributed by atoms with E-state index in [0.717, 1.165) is 36.1 Å². The van der Waals surface area contributed by atoms with Crippen molar-refractivity contribution in [3.05, 3.63) is 48.2 Å². The van der Waals surface area contributed by atoms with E-state index in [4.69, 9.17) is 9.47 Å². The first-order chi connectivity index (χ1) is 12.8. The molecular weight excluding hydrogens is 344 g/mol. The normalized spacial score (nSPS) is 22.7. The number of pyridine rings is 1. The van der Waals surface area contributed by atoms with Crippen LogP contribution >= 0.6 is 11.8 Å². The molecule has 2 atom stereocenters. The second-order valence-corrected chi connectivity index (χ2v) is 8.35. The average molecular weight is 371 g/mol. The number of hydrogen-bond donors (Lipinski definition) is 0. The molecule has 0 bridgehead atoms. The molecule has 1 fully saturated rings. The van der Waals surface area contributed by atoms with Crippen LogP contribution in [0.25, 0.3) is 0 Å². The largest absolute Gasteiger partial charge is 0.494 e. The molecule has 5 heteroatoms. The van der Waals surface area contributed by atoms with E-state index in [1.807, 2.05) is 18.3 Å². The maximum atomic E-state index is 6.20. The van der Waals surface area contributed by atoms with Crippen molar-refractivity contribution < 1.29 is 9.47 Å². The lowest BCUT2D eigenvalue weighted by Gasteiger charge is -2.30. The third-order valence-corrected chi connectivity index (χ3v) is 6.16. The Bertz CT molecular complexity index is 716. The highest BCUT2D eigenvalue weighted by atomic mass is 32.2. The summed E-state index contributed by atoms with van der Waals surface area (Å²) in [5, 5.41) is 1.30. The maximum absolute atomic E-state index is 6.20. The molecule has 0 aliphatic carbocycles. The van der Waals surface area contributed by atoms with Gasteiger partial charge in [0.1, 0.15) is 16.9 Å². The van der Waals surface area contributed by atoms with Gasteiger partial charge in [0.25, 0.3) is 0 Å².